The summed E-state index contributed by atoms with van der Waals surface area (Å²) < 4.78 is 0. The van der Waals surface area contributed by atoms with Crippen molar-refractivity contribution in [2.75, 3.05) is 18.8 Å². The molecule has 4 aliphatic carbocycles. The van der Waals surface area contributed by atoms with Crippen LogP contribution in [0.25, 0.3) is 0 Å². The second-order valence-electron chi connectivity index (χ2n) is 8.39. The highest BCUT2D eigenvalue weighted by molar-refractivity contribution is 7.99. The molecule has 0 heterocycles. The second kappa shape index (κ2) is 7.63. The molecule has 0 radical (unpaired) electrons. The highest BCUT2D eigenvalue weighted by atomic mass is 32.2. The van der Waals surface area contributed by atoms with Gasteiger partial charge in [-0.15, -0.1) is 11.8 Å². The van der Waals surface area contributed by atoms with Crippen LogP contribution in [0.2, 0.25) is 0 Å². The first-order valence-corrected chi connectivity index (χ1v) is 10.8. The fraction of sp³-hybridized carbons (Fsp3) is 0.619. The predicted molar refractivity (Wildman–Crippen MR) is 104 cm³/mol. The number of carbonyl (C=O) groups is 2. The molecule has 0 atom stereocenters. The minimum Gasteiger partial charge on any atom is -0.354 e. The maximum absolute atomic E-state index is 12.8. The summed E-state index contributed by atoms with van der Waals surface area (Å²) in [7, 11) is 0. The zero-order valence-corrected chi connectivity index (χ0v) is 16.0. The summed E-state index contributed by atoms with van der Waals surface area (Å²) in [6, 6.07) is 10.2. The zero-order valence-electron chi connectivity index (χ0n) is 15.2. The molecule has 1 aromatic rings. The van der Waals surface area contributed by atoms with Gasteiger partial charge in [-0.25, -0.2) is 0 Å². The van der Waals surface area contributed by atoms with Crippen molar-refractivity contribution in [3.63, 3.8) is 0 Å². The van der Waals surface area contributed by atoms with E-state index in [2.05, 4.69) is 22.8 Å². The molecule has 0 aromatic heterocycles. The fourth-order valence-corrected chi connectivity index (χ4v) is 6.46. The molecule has 4 fully saturated rings. The molecule has 4 nitrogen and oxygen atoms in total. The molecule has 5 heteroatoms. The van der Waals surface area contributed by atoms with E-state index in [4.69, 9.17) is 0 Å². The van der Waals surface area contributed by atoms with Crippen LogP contribution in [0.1, 0.15) is 38.5 Å². The van der Waals surface area contributed by atoms with Gasteiger partial charge in [-0.1, -0.05) is 18.2 Å². The number of amides is 2. The molecule has 0 aliphatic heterocycles. The average Bonchev–Trinajstić information content (AvgIpc) is 2.63. The van der Waals surface area contributed by atoms with Crippen LogP contribution < -0.4 is 10.6 Å². The van der Waals surface area contributed by atoms with Gasteiger partial charge in [-0.05, 0) is 68.4 Å². The van der Waals surface area contributed by atoms with Crippen LogP contribution in [0.5, 0.6) is 0 Å². The van der Waals surface area contributed by atoms with E-state index >= 15 is 0 Å². The molecule has 4 saturated carbocycles. The summed E-state index contributed by atoms with van der Waals surface area (Å²) in [6.07, 6.45) is 7.10. The largest absolute Gasteiger partial charge is 0.354 e. The van der Waals surface area contributed by atoms with Crippen molar-refractivity contribution in [3.8, 4) is 0 Å². The molecule has 5 rings (SSSR count). The van der Waals surface area contributed by atoms with Crippen molar-refractivity contribution in [1.29, 1.82) is 0 Å². The van der Waals surface area contributed by atoms with Gasteiger partial charge in [0.15, 0.2) is 0 Å². The number of rotatable bonds is 7. The molecule has 4 aliphatic rings. The predicted octanol–water partition coefficient (Wildman–Crippen LogP) is 3.23. The number of carbonyl (C=O) groups excluding carboxylic acids is 2. The minimum absolute atomic E-state index is 0.0864. The van der Waals surface area contributed by atoms with E-state index in [-0.39, 0.29) is 23.8 Å². The van der Waals surface area contributed by atoms with Gasteiger partial charge in [0.05, 0.1) is 6.54 Å². The zero-order chi connectivity index (χ0) is 18.0. The lowest BCUT2D eigenvalue weighted by molar-refractivity contribution is -0.147. The number of thioether (sulfide) groups is 1. The topological polar surface area (TPSA) is 58.2 Å². The highest BCUT2D eigenvalue weighted by Gasteiger charge is 2.54. The maximum atomic E-state index is 12.8. The summed E-state index contributed by atoms with van der Waals surface area (Å²) in [5.74, 6) is 3.11. The van der Waals surface area contributed by atoms with Crippen LogP contribution in [0.3, 0.4) is 0 Å². The van der Waals surface area contributed by atoms with Crippen LogP contribution in [0.15, 0.2) is 35.2 Å². The van der Waals surface area contributed by atoms with E-state index in [1.807, 2.05) is 18.2 Å². The van der Waals surface area contributed by atoms with Gasteiger partial charge in [-0.3, -0.25) is 9.59 Å². The first-order chi connectivity index (χ1) is 12.6. The molecular weight excluding hydrogens is 344 g/mol. The van der Waals surface area contributed by atoms with Crippen LogP contribution in [-0.4, -0.2) is 30.7 Å². The van der Waals surface area contributed by atoms with Gasteiger partial charge < -0.3 is 10.6 Å². The molecular formula is C21H28N2O2S. The third-order valence-corrected chi connectivity index (χ3v) is 7.38. The van der Waals surface area contributed by atoms with E-state index in [0.717, 1.165) is 42.8 Å². The van der Waals surface area contributed by atoms with Crippen molar-refractivity contribution in [1.82, 2.24) is 10.6 Å². The first kappa shape index (κ1) is 17.9. The summed E-state index contributed by atoms with van der Waals surface area (Å²) in [5, 5.41) is 5.85. The lowest BCUT2D eigenvalue weighted by Gasteiger charge is -2.55. The lowest BCUT2D eigenvalue weighted by atomic mass is 9.49. The fourth-order valence-electron chi connectivity index (χ4n) is 5.68. The summed E-state index contributed by atoms with van der Waals surface area (Å²) in [5.41, 5.74) is -0.168. The Morgan fingerprint density at radius 1 is 0.962 bits per heavy atom. The second-order valence-corrected chi connectivity index (χ2v) is 9.56. The van der Waals surface area contributed by atoms with E-state index in [1.165, 1.54) is 24.2 Å². The Balaban J connectivity index is 1.18. The van der Waals surface area contributed by atoms with Crippen molar-refractivity contribution in [2.24, 2.45) is 23.2 Å². The third kappa shape index (κ3) is 3.93. The number of hydrogen-bond donors (Lipinski definition) is 2. The standard InChI is InChI=1S/C21H28N2O2S/c24-19(22-6-7-26-18-4-2-1-3-5-18)14-23-20(25)21-11-15-8-16(12-21)10-17(9-15)13-21/h1-5,15-17H,6-14H2,(H,22,24)(H,23,25). The van der Waals surface area contributed by atoms with Crippen molar-refractivity contribution in [2.45, 2.75) is 43.4 Å². The molecule has 0 spiro atoms. The van der Waals surface area contributed by atoms with Gasteiger partial charge in [0, 0.05) is 22.6 Å². The molecule has 140 valence electrons. The Labute approximate surface area is 159 Å². The molecule has 4 bridgehead atoms. The summed E-state index contributed by atoms with van der Waals surface area (Å²) in [4.78, 5) is 26.1. The normalized spacial score (nSPS) is 31.6. The smallest absolute Gasteiger partial charge is 0.239 e. The van der Waals surface area contributed by atoms with Crippen LogP contribution in [0, 0.1) is 23.2 Å². The number of benzene rings is 1. The van der Waals surface area contributed by atoms with Gasteiger partial charge in [0.2, 0.25) is 11.8 Å². The quantitative estimate of drug-likeness (QED) is 0.571. The summed E-state index contributed by atoms with van der Waals surface area (Å²) in [6.45, 7) is 0.724. The average molecular weight is 373 g/mol. The Bertz CT molecular complexity index is 626. The van der Waals surface area contributed by atoms with Crippen LogP contribution in [-0.2, 0) is 9.59 Å². The molecule has 26 heavy (non-hydrogen) atoms. The molecule has 0 saturated heterocycles. The lowest BCUT2D eigenvalue weighted by Crippen LogP contribution is -2.54. The Morgan fingerprint density at radius 2 is 1.58 bits per heavy atom. The van der Waals surface area contributed by atoms with Crippen LogP contribution >= 0.6 is 11.8 Å². The molecule has 2 amide bonds. The molecule has 2 N–H and O–H groups in total. The first-order valence-electron chi connectivity index (χ1n) is 9.86. The maximum Gasteiger partial charge on any atom is 0.239 e. The number of nitrogens with one attached hydrogen (secondary N) is 2. The molecule has 1 aromatic carbocycles. The molecule has 0 unspecified atom stereocenters. The minimum atomic E-state index is -0.168. The SMILES string of the molecule is O=C(CNC(=O)C12CC3CC(CC(C3)C1)C2)NCCSc1ccccc1. The summed E-state index contributed by atoms with van der Waals surface area (Å²) >= 11 is 1.72. The van der Waals surface area contributed by atoms with Crippen molar-refractivity contribution in [3.05, 3.63) is 30.3 Å². The van der Waals surface area contributed by atoms with Crippen molar-refractivity contribution < 1.29 is 9.59 Å². The van der Waals surface area contributed by atoms with E-state index in [9.17, 15) is 9.59 Å². The van der Waals surface area contributed by atoms with E-state index in [0.29, 0.717) is 6.54 Å². The van der Waals surface area contributed by atoms with Crippen molar-refractivity contribution >= 4 is 23.6 Å². The Kier molecular flexibility index (Phi) is 5.25. The van der Waals surface area contributed by atoms with Gasteiger partial charge in [0.1, 0.15) is 0 Å². The van der Waals surface area contributed by atoms with Gasteiger partial charge >= 0.3 is 0 Å². The Hall–Kier alpha value is -1.49. The monoisotopic (exact) mass is 372 g/mol. The Morgan fingerprint density at radius 3 is 2.19 bits per heavy atom. The number of hydrogen-bond acceptors (Lipinski definition) is 3. The third-order valence-electron chi connectivity index (χ3n) is 6.37. The van der Waals surface area contributed by atoms with E-state index in [1.54, 1.807) is 11.8 Å². The van der Waals surface area contributed by atoms with E-state index < -0.39 is 0 Å². The highest BCUT2D eigenvalue weighted by Crippen LogP contribution is 2.60. The van der Waals surface area contributed by atoms with Gasteiger partial charge in [0.25, 0.3) is 0 Å². The van der Waals surface area contributed by atoms with Crippen LogP contribution in [0.4, 0.5) is 0 Å². The van der Waals surface area contributed by atoms with Gasteiger partial charge in [-0.2, -0.15) is 0 Å².